The summed E-state index contributed by atoms with van der Waals surface area (Å²) in [5.74, 6) is 1.11. The molecule has 0 aliphatic carbocycles. The van der Waals surface area contributed by atoms with E-state index in [4.69, 9.17) is 5.26 Å². The molecule has 1 heterocycles. The maximum absolute atomic E-state index is 8.93. The summed E-state index contributed by atoms with van der Waals surface area (Å²) in [5.41, 5.74) is 2.93. The van der Waals surface area contributed by atoms with E-state index in [0.29, 0.717) is 5.56 Å². The molecule has 1 aromatic carbocycles. The van der Waals surface area contributed by atoms with Gasteiger partial charge in [-0.05, 0) is 30.5 Å². The molecule has 0 atom stereocenters. The fourth-order valence-corrected chi connectivity index (χ4v) is 2.21. The van der Waals surface area contributed by atoms with Crippen molar-refractivity contribution in [3.8, 4) is 6.07 Å². The van der Waals surface area contributed by atoms with Crippen LogP contribution in [0, 0.1) is 16.7 Å². The second kappa shape index (κ2) is 4.45. The molecule has 0 saturated heterocycles. The highest BCUT2D eigenvalue weighted by Crippen LogP contribution is 2.24. The summed E-state index contributed by atoms with van der Waals surface area (Å²) < 4.78 is 2.24. The van der Waals surface area contributed by atoms with Crippen LogP contribution in [-0.2, 0) is 13.0 Å². The van der Waals surface area contributed by atoms with Gasteiger partial charge in [0, 0.05) is 13.0 Å². The number of rotatable bonds is 2. The highest BCUT2D eigenvalue weighted by atomic mass is 15.1. The molecule has 3 nitrogen and oxygen atoms in total. The molecule has 2 aromatic rings. The maximum Gasteiger partial charge on any atom is 0.110 e. The van der Waals surface area contributed by atoms with Gasteiger partial charge in [0.2, 0.25) is 0 Å². The molecular weight excluding hydrogens is 222 g/mol. The molecule has 0 bridgehead atoms. The first-order valence-electron chi connectivity index (χ1n) is 6.34. The molecule has 0 aliphatic heterocycles. The van der Waals surface area contributed by atoms with E-state index >= 15 is 0 Å². The Morgan fingerprint density at radius 2 is 2.06 bits per heavy atom. The minimum absolute atomic E-state index is 0.215. The summed E-state index contributed by atoms with van der Waals surface area (Å²) in [6, 6.07) is 7.89. The molecule has 1 aromatic heterocycles. The van der Waals surface area contributed by atoms with Gasteiger partial charge in [0.1, 0.15) is 5.82 Å². The zero-order valence-corrected chi connectivity index (χ0v) is 11.5. The standard InChI is InChI=1S/C15H19N3/c1-5-18-13-7-6-11(10-16)8-12(13)17-14(18)9-15(2,3)4/h6-8H,5,9H2,1-4H3. The SMILES string of the molecule is CCn1c(CC(C)(C)C)nc2cc(C#N)ccc21. The Labute approximate surface area is 108 Å². The van der Waals surface area contributed by atoms with Gasteiger partial charge in [-0.15, -0.1) is 0 Å². The number of aryl methyl sites for hydroxylation is 1. The predicted octanol–water partition coefficient (Wildman–Crippen LogP) is 3.52. The second-order valence-corrected chi connectivity index (χ2v) is 5.83. The molecular formula is C15H19N3. The van der Waals surface area contributed by atoms with E-state index in [9.17, 15) is 0 Å². The fourth-order valence-electron chi connectivity index (χ4n) is 2.21. The lowest BCUT2D eigenvalue weighted by Gasteiger charge is -2.18. The van der Waals surface area contributed by atoms with Crippen molar-refractivity contribution in [1.82, 2.24) is 9.55 Å². The summed E-state index contributed by atoms with van der Waals surface area (Å²) in [6.45, 7) is 9.69. The van der Waals surface area contributed by atoms with E-state index < -0.39 is 0 Å². The molecule has 94 valence electrons. The number of benzene rings is 1. The van der Waals surface area contributed by atoms with E-state index in [1.54, 1.807) is 0 Å². The maximum atomic E-state index is 8.93. The normalized spacial score (nSPS) is 11.7. The van der Waals surface area contributed by atoms with Gasteiger partial charge in [-0.2, -0.15) is 5.26 Å². The first-order valence-corrected chi connectivity index (χ1v) is 6.34. The number of nitriles is 1. The number of hydrogen-bond acceptors (Lipinski definition) is 2. The highest BCUT2D eigenvalue weighted by Gasteiger charge is 2.17. The highest BCUT2D eigenvalue weighted by molar-refractivity contribution is 5.77. The van der Waals surface area contributed by atoms with Crippen LogP contribution in [-0.4, -0.2) is 9.55 Å². The Hall–Kier alpha value is -1.82. The average molecular weight is 241 g/mol. The summed E-state index contributed by atoms with van der Waals surface area (Å²) in [6.07, 6.45) is 0.942. The second-order valence-electron chi connectivity index (χ2n) is 5.83. The molecule has 3 heteroatoms. The van der Waals surface area contributed by atoms with E-state index in [2.05, 4.69) is 43.3 Å². The van der Waals surface area contributed by atoms with Crippen molar-refractivity contribution in [2.45, 2.75) is 40.7 Å². The van der Waals surface area contributed by atoms with Crippen molar-refractivity contribution in [1.29, 1.82) is 5.26 Å². The molecule has 0 spiro atoms. The third kappa shape index (κ3) is 2.38. The van der Waals surface area contributed by atoms with Crippen LogP contribution in [0.4, 0.5) is 0 Å². The third-order valence-electron chi connectivity index (χ3n) is 2.96. The lowest BCUT2D eigenvalue weighted by atomic mass is 9.92. The first-order chi connectivity index (χ1) is 8.44. The van der Waals surface area contributed by atoms with Crippen LogP contribution in [0.2, 0.25) is 0 Å². The lowest BCUT2D eigenvalue weighted by molar-refractivity contribution is 0.394. The van der Waals surface area contributed by atoms with Gasteiger partial charge in [0.15, 0.2) is 0 Å². The van der Waals surface area contributed by atoms with Crippen LogP contribution in [0.5, 0.6) is 0 Å². The predicted molar refractivity (Wildman–Crippen MR) is 73.3 cm³/mol. The Bertz CT molecular complexity index is 609. The average Bonchev–Trinajstić information content (AvgIpc) is 2.62. The van der Waals surface area contributed by atoms with Gasteiger partial charge in [0.25, 0.3) is 0 Å². The van der Waals surface area contributed by atoms with Gasteiger partial charge >= 0.3 is 0 Å². The molecule has 0 fully saturated rings. The fraction of sp³-hybridized carbons (Fsp3) is 0.467. The van der Waals surface area contributed by atoms with Crippen molar-refractivity contribution in [2.24, 2.45) is 5.41 Å². The van der Waals surface area contributed by atoms with Crippen molar-refractivity contribution < 1.29 is 0 Å². The van der Waals surface area contributed by atoms with Crippen molar-refractivity contribution >= 4 is 11.0 Å². The van der Waals surface area contributed by atoms with Gasteiger partial charge in [-0.1, -0.05) is 20.8 Å². The molecule has 0 N–H and O–H groups in total. The van der Waals surface area contributed by atoms with Crippen molar-refractivity contribution in [2.75, 3.05) is 0 Å². The quantitative estimate of drug-likeness (QED) is 0.807. The zero-order valence-electron chi connectivity index (χ0n) is 11.5. The smallest absolute Gasteiger partial charge is 0.110 e. The Kier molecular flexibility index (Phi) is 3.13. The van der Waals surface area contributed by atoms with E-state index in [1.807, 2.05) is 18.2 Å². The third-order valence-corrected chi connectivity index (χ3v) is 2.96. The zero-order chi connectivity index (χ0) is 13.3. The number of fused-ring (bicyclic) bond motifs is 1. The molecule has 0 saturated carbocycles. The van der Waals surface area contributed by atoms with Crippen LogP contribution in [0.25, 0.3) is 11.0 Å². The molecule has 0 amide bonds. The molecule has 2 rings (SSSR count). The Balaban J connectivity index is 2.57. The van der Waals surface area contributed by atoms with Crippen molar-refractivity contribution in [3.63, 3.8) is 0 Å². The largest absolute Gasteiger partial charge is 0.328 e. The van der Waals surface area contributed by atoms with Crippen molar-refractivity contribution in [3.05, 3.63) is 29.6 Å². The minimum Gasteiger partial charge on any atom is -0.328 e. The topological polar surface area (TPSA) is 41.6 Å². The number of nitrogens with zero attached hydrogens (tertiary/aromatic N) is 3. The van der Waals surface area contributed by atoms with Crippen LogP contribution in [0.3, 0.4) is 0 Å². The van der Waals surface area contributed by atoms with E-state index in [-0.39, 0.29) is 5.41 Å². The van der Waals surface area contributed by atoms with Gasteiger partial charge in [-0.3, -0.25) is 0 Å². The molecule has 18 heavy (non-hydrogen) atoms. The van der Waals surface area contributed by atoms with Gasteiger partial charge < -0.3 is 4.57 Å². The number of hydrogen-bond donors (Lipinski definition) is 0. The van der Waals surface area contributed by atoms with Crippen LogP contribution >= 0.6 is 0 Å². The van der Waals surface area contributed by atoms with Crippen LogP contribution in [0.1, 0.15) is 39.1 Å². The Morgan fingerprint density at radius 1 is 1.33 bits per heavy atom. The molecule has 0 radical (unpaired) electrons. The van der Waals surface area contributed by atoms with Gasteiger partial charge in [-0.25, -0.2) is 4.98 Å². The lowest BCUT2D eigenvalue weighted by Crippen LogP contribution is -2.14. The van der Waals surface area contributed by atoms with Crippen LogP contribution in [0.15, 0.2) is 18.2 Å². The van der Waals surface area contributed by atoms with Gasteiger partial charge in [0.05, 0.1) is 22.7 Å². The summed E-state index contributed by atoms with van der Waals surface area (Å²) in [5, 5.41) is 8.93. The van der Waals surface area contributed by atoms with E-state index in [1.165, 1.54) is 0 Å². The Morgan fingerprint density at radius 3 is 2.61 bits per heavy atom. The minimum atomic E-state index is 0.215. The van der Waals surface area contributed by atoms with Crippen LogP contribution < -0.4 is 0 Å². The molecule has 0 unspecified atom stereocenters. The summed E-state index contributed by atoms with van der Waals surface area (Å²) in [4.78, 5) is 4.69. The number of imidazole rings is 1. The monoisotopic (exact) mass is 241 g/mol. The number of aromatic nitrogens is 2. The molecule has 0 aliphatic rings. The summed E-state index contributed by atoms with van der Waals surface area (Å²) in [7, 11) is 0. The van der Waals surface area contributed by atoms with E-state index in [0.717, 1.165) is 29.8 Å². The summed E-state index contributed by atoms with van der Waals surface area (Å²) >= 11 is 0. The first kappa shape index (κ1) is 12.6.